The van der Waals surface area contributed by atoms with Crippen molar-refractivity contribution in [2.24, 2.45) is 0 Å². The van der Waals surface area contributed by atoms with Crippen LogP contribution in [-0.2, 0) is 4.79 Å². The maximum Gasteiger partial charge on any atom is 0.262 e. The van der Waals surface area contributed by atoms with Crippen LogP contribution in [-0.4, -0.2) is 24.5 Å². The van der Waals surface area contributed by atoms with Crippen LogP contribution in [0.1, 0.15) is 34.3 Å². The fourth-order valence-electron chi connectivity index (χ4n) is 2.63. The van der Waals surface area contributed by atoms with Crippen LogP contribution in [0.3, 0.4) is 0 Å². The molecule has 0 atom stereocenters. The number of carbonyl (C=O) groups is 2. The summed E-state index contributed by atoms with van der Waals surface area (Å²) in [5.41, 5.74) is 3.12. The molecule has 130 valence electrons. The van der Waals surface area contributed by atoms with Crippen molar-refractivity contribution in [2.75, 3.05) is 11.9 Å². The first-order valence-corrected chi connectivity index (χ1v) is 8.42. The van der Waals surface area contributed by atoms with E-state index in [2.05, 4.69) is 10.6 Å². The summed E-state index contributed by atoms with van der Waals surface area (Å²) in [7, 11) is 0. The highest BCUT2D eigenvalue weighted by Crippen LogP contribution is 2.22. The van der Waals surface area contributed by atoms with Gasteiger partial charge in [-0.15, -0.1) is 0 Å². The highest BCUT2D eigenvalue weighted by Gasteiger charge is 2.25. The molecule has 1 aliphatic rings. The molecular weight excluding hydrogens is 316 g/mol. The fourth-order valence-corrected chi connectivity index (χ4v) is 2.63. The van der Waals surface area contributed by atoms with Gasteiger partial charge in [0.25, 0.3) is 11.8 Å². The van der Waals surface area contributed by atoms with Gasteiger partial charge in [0.1, 0.15) is 5.75 Å². The quantitative estimate of drug-likeness (QED) is 0.850. The average molecular weight is 338 g/mol. The molecule has 0 aliphatic heterocycles. The third kappa shape index (κ3) is 4.83. The minimum atomic E-state index is -0.300. The zero-order valence-corrected chi connectivity index (χ0v) is 14.5. The number of hydrogen-bond acceptors (Lipinski definition) is 3. The molecule has 2 aromatic rings. The summed E-state index contributed by atoms with van der Waals surface area (Å²) < 4.78 is 5.56. The third-order valence-electron chi connectivity index (χ3n) is 3.92. The Kier molecular flexibility index (Phi) is 5.03. The Morgan fingerprint density at radius 1 is 1.08 bits per heavy atom. The van der Waals surface area contributed by atoms with Gasteiger partial charge in [0.15, 0.2) is 6.61 Å². The molecular formula is C20H22N2O3. The summed E-state index contributed by atoms with van der Waals surface area (Å²) in [6.45, 7) is 3.85. The summed E-state index contributed by atoms with van der Waals surface area (Å²) in [5.74, 6) is 0.201. The van der Waals surface area contributed by atoms with Crippen LogP contribution < -0.4 is 15.4 Å². The van der Waals surface area contributed by atoms with Crippen molar-refractivity contribution in [3.63, 3.8) is 0 Å². The lowest BCUT2D eigenvalue weighted by Gasteiger charge is -2.12. The normalized spacial score (nSPS) is 13.2. The van der Waals surface area contributed by atoms with E-state index in [1.807, 2.05) is 32.0 Å². The van der Waals surface area contributed by atoms with Crippen molar-refractivity contribution >= 4 is 17.5 Å². The molecule has 0 spiro atoms. The van der Waals surface area contributed by atoms with E-state index in [-0.39, 0.29) is 24.5 Å². The summed E-state index contributed by atoms with van der Waals surface area (Å²) in [6, 6.07) is 13.1. The van der Waals surface area contributed by atoms with Crippen molar-refractivity contribution in [2.45, 2.75) is 32.7 Å². The van der Waals surface area contributed by atoms with Crippen molar-refractivity contribution in [1.82, 2.24) is 5.32 Å². The number of carbonyl (C=O) groups excluding carboxylic acids is 2. The van der Waals surface area contributed by atoms with Gasteiger partial charge in [-0.05, 0) is 62.1 Å². The van der Waals surface area contributed by atoms with Crippen LogP contribution >= 0.6 is 0 Å². The Balaban J connectivity index is 1.61. The Hall–Kier alpha value is -2.82. The van der Waals surface area contributed by atoms with Crippen LogP contribution in [0.5, 0.6) is 5.75 Å². The van der Waals surface area contributed by atoms with Crippen LogP contribution in [0.15, 0.2) is 42.5 Å². The molecule has 0 bridgehead atoms. The minimum absolute atomic E-state index is 0.110. The number of amides is 2. The molecule has 0 unspecified atom stereocenters. The Bertz CT molecular complexity index is 777. The van der Waals surface area contributed by atoms with Gasteiger partial charge in [0.05, 0.1) is 11.3 Å². The molecule has 2 aromatic carbocycles. The van der Waals surface area contributed by atoms with Gasteiger partial charge in [0.2, 0.25) is 0 Å². The predicted molar refractivity (Wildman–Crippen MR) is 97.0 cm³/mol. The topological polar surface area (TPSA) is 67.4 Å². The van der Waals surface area contributed by atoms with E-state index >= 15 is 0 Å². The van der Waals surface area contributed by atoms with E-state index in [4.69, 9.17) is 4.74 Å². The van der Waals surface area contributed by atoms with Crippen molar-refractivity contribution in [3.05, 3.63) is 59.2 Å². The van der Waals surface area contributed by atoms with Gasteiger partial charge in [-0.3, -0.25) is 9.59 Å². The molecule has 5 nitrogen and oxygen atoms in total. The number of aryl methyl sites for hydroxylation is 2. The Morgan fingerprint density at radius 2 is 1.76 bits per heavy atom. The van der Waals surface area contributed by atoms with Gasteiger partial charge in [0, 0.05) is 6.04 Å². The van der Waals surface area contributed by atoms with Gasteiger partial charge >= 0.3 is 0 Å². The van der Waals surface area contributed by atoms with E-state index in [0.717, 1.165) is 24.0 Å². The summed E-state index contributed by atoms with van der Waals surface area (Å²) >= 11 is 0. The van der Waals surface area contributed by atoms with Gasteiger partial charge < -0.3 is 15.4 Å². The van der Waals surface area contributed by atoms with Crippen LogP contribution in [0.25, 0.3) is 0 Å². The number of para-hydroxylation sites is 1. The lowest BCUT2D eigenvalue weighted by atomic mass is 10.1. The highest BCUT2D eigenvalue weighted by atomic mass is 16.5. The molecule has 25 heavy (non-hydrogen) atoms. The molecule has 0 radical (unpaired) electrons. The standard InChI is InChI=1S/C20H22N2O3/c1-13-9-14(2)11-16(10-13)25-12-19(23)22-18-6-4-3-5-17(18)20(24)21-15-7-8-15/h3-6,9-11,15H,7-8,12H2,1-2H3,(H,21,24)(H,22,23). The number of ether oxygens (including phenoxy) is 1. The Labute approximate surface area is 147 Å². The molecule has 5 heteroatoms. The van der Waals surface area contributed by atoms with Crippen molar-refractivity contribution < 1.29 is 14.3 Å². The first-order valence-electron chi connectivity index (χ1n) is 8.42. The molecule has 1 aliphatic carbocycles. The number of benzene rings is 2. The maximum absolute atomic E-state index is 12.3. The second-order valence-corrected chi connectivity index (χ2v) is 6.45. The van der Waals surface area contributed by atoms with Crippen LogP contribution in [0, 0.1) is 13.8 Å². The smallest absolute Gasteiger partial charge is 0.262 e. The molecule has 0 heterocycles. The third-order valence-corrected chi connectivity index (χ3v) is 3.92. The van der Waals surface area contributed by atoms with E-state index in [1.54, 1.807) is 24.3 Å². The first-order chi connectivity index (χ1) is 12.0. The molecule has 1 fully saturated rings. The lowest BCUT2D eigenvalue weighted by Crippen LogP contribution is -2.28. The summed E-state index contributed by atoms with van der Waals surface area (Å²) in [4.78, 5) is 24.5. The molecule has 2 amide bonds. The second kappa shape index (κ2) is 7.38. The van der Waals surface area contributed by atoms with Gasteiger partial charge in [-0.1, -0.05) is 18.2 Å². The summed E-state index contributed by atoms with van der Waals surface area (Å²) in [6.07, 6.45) is 2.04. The Morgan fingerprint density at radius 3 is 2.44 bits per heavy atom. The highest BCUT2D eigenvalue weighted by molar-refractivity contribution is 6.04. The van der Waals surface area contributed by atoms with E-state index in [0.29, 0.717) is 17.0 Å². The van der Waals surface area contributed by atoms with Crippen molar-refractivity contribution in [3.8, 4) is 5.75 Å². The monoisotopic (exact) mass is 338 g/mol. The summed E-state index contributed by atoms with van der Waals surface area (Å²) in [5, 5.41) is 5.69. The number of nitrogens with one attached hydrogen (secondary N) is 2. The zero-order chi connectivity index (χ0) is 17.8. The number of hydrogen-bond donors (Lipinski definition) is 2. The zero-order valence-electron chi connectivity index (χ0n) is 14.5. The number of rotatable bonds is 6. The molecule has 1 saturated carbocycles. The average Bonchev–Trinajstić information content (AvgIpc) is 3.36. The van der Waals surface area contributed by atoms with Crippen molar-refractivity contribution in [1.29, 1.82) is 0 Å². The van der Waals surface area contributed by atoms with Crippen LogP contribution in [0.4, 0.5) is 5.69 Å². The molecule has 0 saturated heterocycles. The lowest BCUT2D eigenvalue weighted by molar-refractivity contribution is -0.118. The SMILES string of the molecule is Cc1cc(C)cc(OCC(=O)Nc2ccccc2C(=O)NC2CC2)c1. The minimum Gasteiger partial charge on any atom is -0.484 e. The largest absolute Gasteiger partial charge is 0.484 e. The first kappa shape index (κ1) is 17.0. The number of anilines is 1. The van der Waals surface area contributed by atoms with E-state index in [9.17, 15) is 9.59 Å². The van der Waals surface area contributed by atoms with Crippen LogP contribution in [0.2, 0.25) is 0 Å². The van der Waals surface area contributed by atoms with E-state index in [1.165, 1.54) is 0 Å². The van der Waals surface area contributed by atoms with E-state index < -0.39 is 0 Å². The predicted octanol–water partition coefficient (Wildman–Crippen LogP) is 3.21. The van der Waals surface area contributed by atoms with Gasteiger partial charge in [-0.2, -0.15) is 0 Å². The van der Waals surface area contributed by atoms with Gasteiger partial charge in [-0.25, -0.2) is 0 Å². The maximum atomic E-state index is 12.3. The molecule has 3 rings (SSSR count). The molecule has 2 N–H and O–H groups in total. The molecule has 0 aromatic heterocycles. The second-order valence-electron chi connectivity index (χ2n) is 6.45. The fraction of sp³-hybridized carbons (Fsp3) is 0.300.